The first-order valence-electron chi connectivity index (χ1n) is 6.60. The minimum Gasteiger partial charge on any atom is -0.493 e. The predicted molar refractivity (Wildman–Crippen MR) is 71.7 cm³/mol. The lowest BCUT2D eigenvalue weighted by Gasteiger charge is -2.22. The van der Waals surface area contributed by atoms with Crippen molar-refractivity contribution in [3.05, 3.63) is 23.5 Å². The standard InChI is InChI=1S/C15H19FO4/c1-15(2,14(17)18)8-9-6-10(16)7-12(19-3)13(9)20-11-4-5-11/h6-7,11H,4-5,8H2,1-3H3,(H,17,18). The molecular formula is C15H19FO4. The first kappa shape index (κ1) is 14.6. The fourth-order valence-electron chi connectivity index (χ4n) is 1.94. The molecule has 1 aliphatic carbocycles. The zero-order valence-electron chi connectivity index (χ0n) is 11.9. The fraction of sp³-hybridized carbons (Fsp3) is 0.533. The summed E-state index contributed by atoms with van der Waals surface area (Å²) in [6.45, 7) is 3.21. The van der Waals surface area contributed by atoms with E-state index in [1.165, 1.54) is 19.2 Å². The smallest absolute Gasteiger partial charge is 0.309 e. The first-order chi connectivity index (χ1) is 9.33. The van der Waals surface area contributed by atoms with Crippen LogP contribution in [0.2, 0.25) is 0 Å². The van der Waals surface area contributed by atoms with Crippen LogP contribution in [0.3, 0.4) is 0 Å². The van der Waals surface area contributed by atoms with Crippen molar-refractivity contribution >= 4 is 5.97 Å². The summed E-state index contributed by atoms with van der Waals surface area (Å²) in [5.41, 5.74) is -0.471. The Morgan fingerprint density at radius 2 is 2.10 bits per heavy atom. The highest BCUT2D eigenvalue weighted by Crippen LogP contribution is 2.39. The van der Waals surface area contributed by atoms with Gasteiger partial charge in [-0.2, -0.15) is 0 Å². The molecule has 1 aromatic carbocycles. The highest BCUT2D eigenvalue weighted by Gasteiger charge is 2.32. The molecule has 0 radical (unpaired) electrons. The van der Waals surface area contributed by atoms with Crippen LogP contribution in [0.1, 0.15) is 32.3 Å². The highest BCUT2D eigenvalue weighted by molar-refractivity contribution is 5.74. The number of carboxylic acid groups (broad SMARTS) is 1. The van der Waals surface area contributed by atoms with Gasteiger partial charge in [0, 0.05) is 11.6 Å². The van der Waals surface area contributed by atoms with Crippen LogP contribution in [0.15, 0.2) is 12.1 Å². The van der Waals surface area contributed by atoms with Gasteiger partial charge in [0.05, 0.1) is 18.6 Å². The van der Waals surface area contributed by atoms with Crippen LogP contribution >= 0.6 is 0 Å². The second-order valence-electron chi connectivity index (χ2n) is 5.78. The van der Waals surface area contributed by atoms with Gasteiger partial charge in [0.25, 0.3) is 0 Å². The van der Waals surface area contributed by atoms with Crippen LogP contribution in [-0.4, -0.2) is 24.3 Å². The van der Waals surface area contributed by atoms with Crippen LogP contribution in [-0.2, 0) is 11.2 Å². The van der Waals surface area contributed by atoms with Crippen LogP contribution in [0, 0.1) is 11.2 Å². The molecule has 2 rings (SSSR count). The minimum absolute atomic E-state index is 0.126. The Morgan fingerprint density at radius 3 is 2.60 bits per heavy atom. The maximum Gasteiger partial charge on any atom is 0.309 e. The summed E-state index contributed by atoms with van der Waals surface area (Å²) in [5.74, 6) is -0.613. The molecule has 5 heteroatoms. The van der Waals surface area contributed by atoms with Crippen molar-refractivity contribution in [3.63, 3.8) is 0 Å². The summed E-state index contributed by atoms with van der Waals surface area (Å²) in [5, 5.41) is 9.22. The topological polar surface area (TPSA) is 55.8 Å². The third kappa shape index (κ3) is 3.21. The Bertz CT molecular complexity index is 521. The second-order valence-corrected chi connectivity index (χ2v) is 5.78. The quantitative estimate of drug-likeness (QED) is 0.871. The van der Waals surface area contributed by atoms with Crippen LogP contribution in [0.5, 0.6) is 11.5 Å². The molecule has 110 valence electrons. The van der Waals surface area contributed by atoms with Crippen molar-refractivity contribution in [3.8, 4) is 11.5 Å². The van der Waals surface area contributed by atoms with E-state index in [2.05, 4.69) is 0 Å². The van der Waals surface area contributed by atoms with E-state index in [1.54, 1.807) is 13.8 Å². The molecule has 0 amide bonds. The van der Waals surface area contributed by atoms with Crippen molar-refractivity contribution in [2.45, 2.75) is 39.2 Å². The van der Waals surface area contributed by atoms with Gasteiger partial charge in [-0.15, -0.1) is 0 Å². The monoisotopic (exact) mass is 282 g/mol. The van der Waals surface area contributed by atoms with E-state index >= 15 is 0 Å². The van der Waals surface area contributed by atoms with Gasteiger partial charge in [-0.1, -0.05) is 0 Å². The second kappa shape index (κ2) is 5.31. The lowest BCUT2D eigenvalue weighted by Crippen LogP contribution is -2.26. The number of hydrogen-bond acceptors (Lipinski definition) is 3. The average Bonchev–Trinajstić information content (AvgIpc) is 3.15. The van der Waals surface area contributed by atoms with Crippen molar-refractivity contribution < 1.29 is 23.8 Å². The van der Waals surface area contributed by atoms with Crippen molar-refractivity contribution in [2.24, 2.45) is 5.41 Å². The summed E-state index contributed by atoms with van der Waals surface area (Å²) in [4.78, 5) is 11.2. The molecule has 0 saturated heterocycles. The van der Waals surface area contributed by atoms with E-state index in [-0.39, 0.29) is 12.5 Å². The molecule has 1 N–H and O–H groups in total. The van der Waals surface area contributed by atoms with E-state index in [4.69, 9.17) is 9.47 Å². The highest BCUT2D eigenvalue weighted by atomic mass is 19.1. The lowest BCUT2D eigenvalue weighted by atomic mass is 9.85. The molecule has 1 aromatic rings. The summed E-state index contributed by atoms with van der Waals surface area (Å²) in [6.07, 6.45) is 2.23. The first-order valence-corrected chi connectivity index (χ1v) is 6.60. The van der Waals surface area contributed by atoms with Gasteiger partial charge >= 0.3 is 5.97 Å². The third-order valence-corrected chi connectivity index (χ3v) is 3.34. The van der Waals surface area contributed by atoms with E-state index < -0.39 is 17.2 Å². The van der Waals surface area contributed by atoms with Crippen molar-refractivity contribution in [1.29, 1.82) is 0 Å². The number of aliphatic carboxylic acids is 1. The van der Waals surface area contributed by atoms with Crippen LogP contribution < -0.4 is 9.47 Å². The Labute approximate surface area is 117 Å². The number of methoxy groups -OCH3 is 1. The van der Waals surface area contributed by atoms with Crippen molar-refractivity contribution in [1.82, 2.24) is 0 Å². The molecule has 0 heterocycles. The Balaban J connectivity index is 2.38. The maximum absolute atomic E-state index is 13.6. The molecule has 1 saturated carbocycles. The number of hydrogen-bond donors (Lipinski definition) is 1. The molecule has 1 fully saturated rings. The van der Waals surface area contributed by atoms with E-state index in [0.717, 1.165) is 12.8 Å². The van der Waals surface area contributed by atoms with Gasteiger partial charge in [0.1, 0.15) is 5.82 Å². The van der Waals surface area contributed by atoms with Gasteiger partial charge in [0.2, 0.25) is 0 Å². The summed E-state index contributed by atoms with van der Waals surface area (Å²) in [6, 6.07) is 2.58. The van der Waals surface area contributed by atoms with E-state index in [0.29, 0.717) is 17.1 Å². The molecule has 1 aliphatic rings. The van der Waals surface area contributed by atoms with Gasteiger partial charge in [-0.25, -0.2) is 4.39 Å². The summed E-state index contributed by atoms with van der Waals surface area (Å²) in [7, 11) is 1.45. The number of ether oxygens (including phenoxy) is 2. The molecule has 0 atom stereocenters. The maximum atomic E-state index is 13.6. The number of carboxylic acids is 1. The zero-order chi connectivity index (χ0) is 14.9. The molecule has 0 aliphatic heterocycles. The van der Waals surface area contributed by atoms with E-state index in [1.807, 2.05) is 0 Å². The van der Waals surface area contributed by atoms with Crippen LogP contribution in [0.4, 0.5) is 4.39 Å². The predicted octanol–water partition coefficient (Wildman–Crippen LogP) is 3.03. The molecular weight excluding hydrogens is 263 g/mol. The Hall–Kier alpha value is -1.78. The number of halogens is 1. The van der Waals surface area contributed by atoms with Crippen molar-refractivity contribution in [2.75, 3.05) is 7.11 Å². The minimum atomic E-state index is -1.000. The largest absolute Gasteiger partial charge is 0.493 e. The van der Waals surface area contributed by atoms with Gasteiger partial charge in [-0.3, -0.25) is 4.79 Å². The van der Waals surface area contributed by atoms with Gasteiger partial charge in [-0.05, 0) is 39.2 Å². The Kier molecular flexibility index (Phi) is 3.88. The molecule has 0 unspecified atom stereocenters. The third-order valence-electron chi connectivity index (χ3n) is 3.34. The average molecular weight is 282 g/mol. The fourth-order valence-corrected chi connectivity index (χ4v) is 1.94. The number of carbonyl (C=O) groups is 1. The molecule has 0 spiro atoms. The molecule has 0 aromatic heterocycles. The lowest BCUT2D eigenvalue weighted by molar-refractivity contribution is -0.146. The van der Waals surface area contributed by atoms with E-state index in [9.17, 15) is 14.3 Å². The van der Waals surface area contributed by atoms with Gasteiger partial charge in [0.15, 0.2) is 11.5 Å². The summed E-state index contributed by atoms with van der Waals surface area (Å²) >= 11 is 0. The number of rotatable bonds is 6. The number of benzene rings is 1. The van der Waals surface area contributed by atoms with Crippen LogP contribution in [0.25, 0.3) is 0 Å². The zero-order valence-corrected chi connectivity index (χ0v) is 11.9. The molecule has 4 nitrogen and oxygen atoms in total. The molecule has 20 heavy (non-hydrogen) atoms. The summed E-state index contributed by atoms with van der Waals surface area (Å²) < 4.78 is 24.6. The Morgan fingerprint density at radius 1 is 1.45 bits per heavy atom. The van der Waals surface area contributed by atoms with Gasteiger partial charge < -0.3 is 14.6 Å². The normalized spacial score (nSPS) is 15.0. The SMILES string of the molecule is COc1cc(F)cc(CC(C)(C)C(=O)O)c1OC1CC1. The molecule has 0 bridgehead atoms.